The number of hydrogen-bond donors (Lipinski definition) is 1. The fourth-order valence-electron chi connectivity index (χ4n) is 2.60. The first-order valence-corrected chi connectivity index (χ1v) is 6.74. The molecule has 20 heavy (non-hydrogen) atoms. The van der Waals surface area contributed by atoms with Gasteiger partial charge in [0.1, 0.15) is 12.4 Å². The Morgan fingerprint density at radius 1 is 1.30 bits per heavy atom. The number of carbonyl (C=O) groups is 1. The molecule has 0 bridgehead atoms. The number of hydrogen-bond acceptors (Lipinski definition) is 2. The van der Waals surface area contributed by atoms with Crippen LogP contribution >= 0.6 is 11.6 Å². The first kappa shape index (κ1) is 13.0. The number of carboxylic acids is 1. The maximum absolute atomic E-state index is 11.3. The molecule has 1 aliphatic heterocycles. The van der Waals surface area contributed by atoms with Crippen LogP contribution in [0.2, 0.25) is 0 Å². The minimum atomic E-state index is -0.952. The maximum Gasteiger partial charge on any atom is 0.335 e. The van der Waals surface area contributed by atoms with E-state index >= 15 is 0 Å². The van der Waals surface area contributed by atoms with Gasteiger partial charge in [-0.25, -0.2) is 4.79 Å². The Hall–Kier alpha value is -2.00. The molecule has 3 rings (SSSR count). The molecule has 102 valence electrons. The molecule has 4 heteroatoms. The largest absolute Gasteiger partial charge is 0.489 e. The van der Waals surface area contributed by atoms with Crippen LogP contribution in [-0.2, 0) is 6.61 Å². The van der Waals surface area contributed by atoms with Crippen LogP contribution in [0.4, 0.5) is 0 Å². The Bertz CT molecular complexity index is 694. The summed E-state index contributed by atoms with van der Waals surface area (Å²) >= 11 is 6.59. The molecule has 0 amide bonds. The first-order valence-electron chi connectivity index (χ1n) is 6.31. The van der Waals surface area contributed by atoms with Crippen molar-refractivity contribution in [1.29, 1.82) is 0 Å². The quantitative estimate of drug-likeness (QED) is 0.809. The molecule has 3 nitrogen and oxygen atoms in total. The van der Waals surface area contributed by atoms with Gasteiger partial charge >= 0.3 is 5.97 Å². The van der Waals surface area contributed by atoms with Crippen LogP contribution in [-0.4, -0.2) is 11.1 Å². The minimum Gasteiger partial charge on any atom is -0.489 e. The van der Waals surface area contributed by atoms with Gasteiger partial charge in [0.25, 0.3) is 0 Å². The highest BCUT2D eigenvalue weighted by atomic mass is 35.5. The molecule has 1 heterocycles. The van der Waals surface area contributed by atoms with E-state index in [1.807, 2.05) is 24.3 Å². The Balaban J connectivity index is 2.23. The summed E-state index contributed by atoms with van der Waals surface area (Å²) in [7, 11) is 0. The topological polar surface area (TPSA) is 46.5 Å². The average molecular weight is 289 g/mol. The van der Waals surface area contributed by atoms with Crippen molar-refractivity contribution in [3.63, 3.8) is 0 Å². The standard InChI is InChI=1S/C16H13ClO3/c1-9-11(16(18)19)6-7-13-14(9)15(17)12-5-3-2-4-10(12)8-20-13/h2-7,15H,8H2,1H3,(H,18,19). The number of halogens is 1. The third-order valence-corrected chi connectivity index (χ3v) is 4.12. The Kier molecular flexibility index (Phi) is 3.14. The summed E-state index contributed by atoms with van der Waals surface area (Å²) in [6.45, 7) is 2.22. The molecule has 2 aromatic carbocycles. The van der Waals surface area contributed by atoms with Crippen molar-refractivity contribution in [2.45, 2.75) is 18.9 Å². The van der Waals surface area contributed by atoms with Crippen LogP contribution in [0.3, 0.4) is 0 Å². The highest BCUT2D eigenvalue weighted by Crippen LogP contribution is 2.42. The number of ether oxygens (including phenoxy) is 1. The van der Waals surface area contributed by atoms with E-state index in [-0.39, 0.29) is 5.56 Å². The van der Waals surface area contributed by atoms with Crippen LogP contribution < -0.4 is 4.74 Å². The van der Waals surface area contributed by atoms with Gasteiger partial charge < -0.3 is 9.84 Å². The molecule has 0 aromatic heterocycles. The lowest BCUT2D eigenvalue weighted by Crippen LogP contribution is -2.05. The van der Waals surface area contributed by atoms with Crippen LogP contribution in [0.15, 0.2) is 36.4 Å². The summed E-state index contributed by atoms with van der Waals surface area (Å²) in [4.78, 5) is 11.3. The maximum atomic E-state index is 11.3. The predicted molar refractivity (Wildman–Crippen MR) is 76.6 cm³/mol. The summed E-state index contributed by atoms with van der Waals surface area (Å²) in [5.74, 6) is -0.296. The normalized spacial score (nSPS) is 16.6. The van der Waals surface area contributed by atoms with Crippen molar-refractivity contribution in [2.75, 3.05) is 0 Å². The van der Waals surface area contributed by atoms with Crippen molar-refractivity contribution in [1.82, 2.24) is 0 Å². The molecule has 0 radical (unpaired) electrons. The molecule has 0 saturated carbocycles. The number of alkyl halides is 1. The van der Waals surface area contributed by atoms with Gasteiger partial charge in [-0.2, -0.15) is 0 Å². The molecule has 1 unspecified atom stereocenters. The van der Waals surface area contributed by atoms with E-state index < -0.39 is 11.3 Å². The average Bonchev–Trinajstić information content (AvgIpc) is 2.57. The van der Waals surface area contributed by atoms with E-state index in [0.29, 0.717) is 17.9 Å². The second-order valence-corrected chi connectivity index (χ2v) is 5.24. The van der Waals surface area contributed by atoms with Gasteiger partial charge in [0, 0.05) is 5.56 Å². The van der Waals surface area contributed by atoms with Crippen LogP contribution in [0, 0.1) is 6.92 Å². The molecule has 0 aliphatic carbocycles. The predicted octanol–water partition coefficient (Wildman–Crippen LogP) is 3.91. The van der Waals surface area contributed by atoms with Crippen molar-refractivity contribution >= 4 is 17.6 Å². The Labute approximate surface area is 121 Å². The lowest BCUT2D eigenvalue weighted by atomic mass is 9.94. The van der Waals surface area contributed by atoms with Crippen LogP contribution in [0.1, 0.15) is 38.0 Å². The van der Waals surface area contributed by atoms with Gasteiger partial charge in [-0.15, -0.1) is 11.6 Å². The number of rotatable bonds is 1. The zero-order valence-electron chi connectivity index (χ0n) is 10.9. The smallest absolute Gasteiger partial charge is 0.335 e. The van der Waals surface area contributed by atoms with Crippen LogP contribution in [0.25, 0.3) is 0 Å². The first-order chi connectivity index (χ1) is 9.59. The third-order valence-electron chi connectivity index (χ3n) is 3.67. The fraction of sp³-hybridized carbons (Fsp3) is 0.188. The highest BCUT2D eigenvalue weighted by molar-refractivity contribution is 6.23. The number of carboxylic acid groups (broad SMARTS) is 1. The molecule has 2 aromatic rings. The molecule has 0 fully saturated rings. The fourth-order valence-corrected chi connectivity index (χ4v) is 3.08. The van der Waals surface area contributed by atoms with E-state index in [1.54, 1.807) is 19.1 Å². The SMILES string of the molecule is Cc1c(C(=O)O)ccc2c1C(Cl)c1ccccc1CO2. The number of benzene rings is 2. The van der Waals surface area contributed by atoms with Gasteiger partial charge in [-0.3, -0.25) is 0 Å². The van der Waals surface area contributed by atoms with E-state index in [1.165, 1.54) is 0 Å². The molecule has 1 N–H and O–H groups in total. The molecule has 1 aliphatic rings. The summed E-state index contributed by atoms with van der Waals surface area (Å²) < 4.78 is 5.78. The zero-order chi connectivity index (χ0) is 14.3. The van der Waals surface area contributed by atoms with Gasteiger partial charge in [0.05, 0.1) is 10.9 Å². The number of fused-ring (bicyclic) bond motifs is 2. The van der Waals surface area contributed by atoms with Crippen molar-refractivity contribution in [3.05, 3.63) is 64.2 Å². The summed E-state index contributed by atoms with van der Waals surface area (Å²) in [5, 5.41) is 8.84. The van der Waals surface area contributed by atoms with Gasteiger partial charge in [-0.05, 0) is 35.7 Å². The summed E-state index contributed by atoms with van der Waals surface area (Å²) in [6.07, 6.45) is 0. The van der Waals surface area contributed by atoms with Crippen LogP contribution in [0.5, 0.6) is 5.75 Å². The molecular formula is C16H13ClO3. The van der Waals surface area contributed by atoms with Crippen molar-refractivity contribution in [3.8, 4) is 5.75 Å². The Morgan fingerprint density at radius 2 is 2.05 bits per heavy atom. The van der Waals surface area contributed by atoms with Crippen molar-refractivity contribution < 1.29 is 14.6 Å². The summed E-state index contributed by atoms with van der Waals surface area (Å²) in [5.41, 5.74) is 3.67. The van der Waals surface area contributed by atoms with Gasteiger partial charge in [0.2, 0.25) is 0 Å². The zero-order valence-corrected chi connectivity index (χ0v) is 11.6. The van der Waals surface area contributed by atoms with Crippen molar-refractivity contribution in [2.24, 2.45) is 0 Å². The van der Waals surface area contributed by atoms with E-state index in [2.05, 4.69) is 0 Å². The highest BCUT2D eigenvalue weighted by Gasteiger charge is 2.26. The minimum absolute atomic E-state index is 0.261. The Morgan fingerprint density at radius 3 is 2.80 bits per heavy atom. The molecule has 0 saturated heterocycles. The lowest BCUT2D eigenvalue weighted by molar-refractivity contribution is 0.0696. The number of aromatic carboxylic acids is 1. The van der Waals surface area contributed by atoms with Gasteiger partial charge in [-0.1, -0.05) is 24.3 Å². The monoisotopic (exact) mass is 288 g/mol. The van der Waals surface area contributed by atoms with E-state index in [4.69, 9.17) is 16.3 Å². The third kappa shape index (κ3) is 1.95. The molecule has 0 spiro atoms. The molecule has 1 atom stereocenters. The van der Waals surface area contributed by atoms with E-state index in [0.717, 1.165) is 16.7 Å². The molecular weight excluding hydrogens is 276 g/mol. The van der Waals surface area contributed by atoms with Gasteiger partial charge in [0.15, 0.2) is 0 Å². The second-order valence-electron chi connectivity index (χ2n) is 4.81. The lowest BCUT2D eigenvalue weighted by Gasteiger charge is -2.16. The second kappa shape index (κ2) is 4.84. The summed E-state index contributed by atoms with van der Waals surface area (Å²) in [6, 6.07) is 11.1. The van der Waals surface area contributed by atoms with E-state index in [9.17, 15) is 9.90 Å².